The molecule has 0 aliphatic rings. The number of rotatable bonds is 7. The van der Waals surface area contributed by atoms with Gasteiger partial charge in [0.15, 0.2) is 0 Å². The zero-order valence-corrected chi connectivity index (χ0v) is 11.0. The van der Waals surface area contributed by atoms with Crippen LogP contribution in [0.5, 0.6) is 0 Å². The Balaban J connectivity index is 2.43. The van der Waals surface area contributed by atoms with Crippen molar-refractivity contribution in [2.24, 2.45) is 0 Å². The number of imidazole rings is 1. The van der Waals surface area contributed by atoms with Crippen LogP contribution >= 0.6 is 0 Å². The summed E-state index contributed by atoms with van der Waals surface area (Å²) in [6, 6.07) is 1.10. The normalized spacial score (nSPS) is 15.0. The summed E-state index contributed by atoms with van der Waals surface area (Å²) in [4.78, 5) is 4.35. The third-order valence-corrected chi connectivity index (χ3v) is 3.02. The van der Waals surface area contributed by atoms with E-state index in [4.69, 9.17) is 0 Å². The van der Waals surface area contributed by atoms with Gasteiger partial charge in [-0.15, -0.1) is 0 Å². The number of aromatic nitrogens is 2. The van der Waals surface area contributed by atoms with Gasteiger partial charge in [0, 0.05) is 37.4 Å². The maximum atomic E-state index is 4.35. The van der Waals surface area contributed by atoms with E-state index >= 15 is 0 Å². The average molecular weight is 223 g/mol. The SMILES string of the molecule is CCCC(C)NCC(C)n1ccnc1CC. The molecule has 0 aliphatic heterocycles. The monoisotopic (exact) mass is 223 g/mol. The molecular formula is C13H25N3. The Bertz CT molecular complexity index is 293. The standard InChI is InChI=1S/C13H25N3/c1-5-7-11(3)15-10-12(4)16-9-8-14-13(16)6-2/h8-9,11-12,15H,5-7,10H2,1-4H3. The number of nitrogens with one attached hydrogen (secondary N) is 1. The van der Waals surface area contributed by atoms with Crippen LogP contribution in [0.3, 0.4) is 0 Å². The van der Waals surface area contributed by atoms with Crippen LogP contribution in [0.2, 0.25) is 0 Å². The maximum absolute atomic E-state index is 4.35. The van der Waals surface area contributed by atoms with Gasteiger partial charge in [-0.1, -0.05) is 20.3 Å². The van der Waals surface area contributed by atoms with Gasteiger partial charge < -0.3 is 9.88 Å². The molecule has 1 aromatic rings. The summed E-state index contributed by atoms with van der Waals surface area (Å²) in [5.41, 5.74) is 0. The first-order chi connectivity index (χ1) is 7.69. The van der Waals surface area contributed by atoms with Crippen molar-refractivity contribution in [3.63, 3.8) is 0 Å². The van der Waals surface area contributed by atoms with Crippen LogP contribution in [0, 0.1) is 0 Å². The van der Waals surface area contributed by atoms with Gasteiger partial charge in [-0.3, -0.25) is 0 Å². The van der Waals surface area contributed by atoms with Crippen LogP contribution in [0.4, 0.5) is 0 Å². The minimum atomic E-state index is 0.483. The van der Waals surface area contributed by atoms with Gasteiger partial charge in [0.05, 0.1) is 0 Å². The summed E-state index contributed by atoms with van der Waals surface area (Å²) in [6.45, 7) is 9.90. The molecule has 0 saturated carbocycles. The smallest absolute Gasteiger partial charge is 0.108 e. The van der Waals surface area contributed by atoms with Crippen molar-refractivity contribution in [3.05, 3.63) is 18.2 Å². The molecule has 0 aliphatic carbocycles. The second-order valence-electron chi connectivity index (χ2n) is 4.55. The van der Waals surface area contributed by atoms with Crippen molar-refractivity contribution in [2.45, 2.75) is 59.0 Å². The van der Waals surface area contributed by atoms with Crippen LogP contribution in [-0.4, -0.2) is 22.1 Å². The van der Waals surface area contributed by atoms with E-state index in [9.17, 15) is 0 Å². The van der Waals surface area contributed by atoms with Gasteiger partial charge >= 0.3 is 0 Å². The molecule has 0 aromatic carbocycles. The average Bonchev–Trinajstić information content (AvgIpc) is 2.74. The fourth-order valence-corrected chi connectivity index (χ4v) is 2.02. The van der Waals surface area contributed by atoms with Crippen LogP contribution in [0.1, 0.15) is 52.4 Å². The third-order valence-electron chi connectivity index (χ3n) is 3.02. The second-order valence-corrected chi connectivity index (χ2v) is 4.55. The minimum absolute atomic E-state index is 0.483. The van der Waals surface area contributed by atoms with Gasteiger partial charge in [-0.2, -0.15) is 0 Å². The van der Waals surface area contributed by atoms with Crippen LogP contribution < -0.4 is 5.32 Å². The first kappa shape index (κ1) is 13.2. The molecule has 1 aromatic heterocycles. The minimum Gasteiger partial charge on any atom is -0.331 e. The van der Waals surface area contributed by atoms with E-state index in [-0.39, 0.29) is 0 Å². The Morgan fingerprint density at radius 3 is 2.75 bits per heavy atom. The molecule has 0 saturated heterocycles. The third kappa shape index (κ3) is 3.63. The summed E-state index contributed by atoms with van der Waals surface area (Å²) in [5.74, 6) is 1.18. The van der Waals surface area contributed by atoms with E-state index in [0.717, 1.165) is 13.0 Å². The van der Waals surface area contributed by atoms with E-state index in [1.54, 1.807) is 0 Å². The number of aryl methyl sites for hydroxylation is 1. The quantitative estimate of drug-likeness (QED) is 0.770. The molecule has 2 atom stereocenters. The summed E-state index contributed by atoms with van der Waals surface area (Å²) >= 11 is 0. The highest BCUT2D eigenvalue weighted by molar-refractivity contribution is 4.94. The van der Waals surface area contributed by atoms with Gasteiger partial charge in [0.25, 0.3) is 0 Å². The molecule has 1 heterocycles. The summed E-state index contributed by atoms with van der Waals surface area (Å²) in [7, 11) is 0. The topological polar surface area (TPSA) is 29.9 Å². The van der Waals surface area contributed by atoms with E-state index in [1.807, 2.05) is 6.20 Å². The Morgan fingerprint density at radius 2 is 2.12 bits per heavy atom. The molecule has 0 fully saturated rings. The molecule has 1 rings (SSSR count). The second kappa shape index (κ2) is 6.69. The van der Waals surface area contributed by atoms with Crippen LogP contribution in [0.15, 0.2) is 12.4 Å². The molecule has 0 amide bonds. The Labute approximate surface area is 99.3 Å². The highest BCUT2D eigenvalue weighted by Crippen LogP contribution is 2.09. The van der Waals surface area contributed by atoms with E-state index in [2.05, 4.69) is 48.8 Å². The van der Waals surface area contributed by atoms with Gasteiger partial charge in [-0.05, 0) is 20.3 Å². The summed E-state index contributed by atoms with van der Waals surface area (Å²) in [6.07, 6.45) is 7.47. The summed E-state index contributed by atoms with van der Waals surface area (Å²) < 4.78 is 2.27. The fraction of sp³-hybridized carbons (Fsp3) is 0.769. The molecular weight excluding hydrogens is 198 g/mol. The molecule has 3 heteroatoms. The zero-order valence-electron chi connectivity index (χ0n) is 11.0. The zero-order chi connectivity index (χ0) is 12.0. The highest BCUT2D eigenvalue weighted by atomic mass is 15.1. The molecule has 92 valence electrons. The lowest BCUT2D eigenvalue weighted by Crippen LogP contribution is -2.31. The van der Waals surface area contributed by atoms with Gasteiger partial charge in [0.1, 0.15) is 5.82 Å². The highest BCUT2D eigenvalue weighted by Gasteiger charge is 2.09. The van der Waals surface area contributed by atoms with Gasteiger partial charge in [0.2, 0.25) is 0 Å². The van der Waals surface area contributed by atoms with E-state index in [0.29, 0.717) is 12.1 Å². The fourth-order valence-electron chi connectivity index (χ4n) is 2.02. The predicted octanol–water partition coefficient (Wildman–Crippen LogP) is 2.78. The molecule has 3 nitrogen and oxygen atoms in total. The van der Waals surface area contributed by atoms with Crippen molar-refractivity contribution in [2.75, 3.05) is 6.54 Å². The Kier molecular flexibility index (Phi) is 5.53. The lowest BCUT2D eigenvalue weighted by atomic mass is 10.2. The largest absolute Gasteiger partial charge is 0.331 e. The molecule has 0 bridgehead atoms. The molecule has 1 N–H and O–H groups in total. The number of nitrogens with zero attached hydrogens (tertiary/aromatic N) is 2. The molecule has 0 radical (unpaired) electrons. The van der Waals surface area contributed by atoms with Crippen LogP contribution in [-0.2, 0) is 6.42 Å². The maximum Gasteiger partial charge on any atom is 0.108 e. The first-order valence-electron chi connectivity index (χ1n) is 6.44. The van der Waals surface area contributed by atoms with E-state index in [1.165, 1.54) is 18.7 Å². The first-order valence-corrected chi connectivity index (χ1v) is 6.44. The van der Waals surface area contributed by atoms with Crippen molar-refractivity contribution < 1.29 is 0 Å². The Hall–Kier alpha value is -0.830. The van der Waals surface area contributed by atoms with Crippen molar-refractivity contribution in [1.82, 2.24) is 14.9 Å². The lowest BCUT2D eigenvalue weighted by Gasteiger charge is -2.19. The van der Waals surface area contributed by atoms with Crippen molar-refractivity contribution in [1.29, 1.82) is 0 Å². The van der Waals surface area contributed by atoms with Crippen molar-refractivity contribution >= 4 is 0 Å². The van der Waals surface area contributed by atoms with Crippen molar-refractivity contribution in [3.8, 4) is 0 Å². The molecule has 2 unspecified atom stereocenters. The summed E-state index contributed by atoms with van der Waals surface area (Å²) in [5, 5.41) is 3.57. The predicted molar refractivity (Wildman–Crippen MR) is 68.7 cm³/mol. The number of hydrogen-bond donors (Lipinski definition) is 1. The van der Waals surface area contributed by atoms with Gasteiger partial charge in [-0.25, -0.2) is 4.98 Å². The Morgan fingerprint density at radius 1 is 1.38 bits per heavy atom. The number of hydrogen-bond acceptors (Lipinski definition) is 2. The molecule has 16 heavy (non-hydrogen) atoms. The van der Waals surface area contributed by atoms with Crippen LogP contribution in [0.25, 0.3) is 0 Å². The lowest BCUT2D eigenvalue weighted by molar-refractivity contribution is 0.428. The molecule has 0 spiro atoms. The van der Waals surface area contributed by atoms with E-state index < -0.39 is 0 Å².